The van der Waals surface area contributed by atoms with Crippen LogP contribution in [-0.2, 0) is 72.2 Å². The fourth-order valence-corrected chi connectivity index (χ4v) is 9.31. The van der Waals surface area contributed by atoms with Crippen molar-refractivity contribution in [3.8, 4) is 89.7 Å². The Balaban J connectivity index is 0.000000181. The third kappa shape index (κ3) is 21.9. The van der Waals surface area contributed by atoms with E-state index in [1.54, 1.807) is 12.4 Å². The van der Waals surface area contributed by atoms with E-state index in [1.165, 1.54) is 50.1 Å². The van der Waals surface area contributed by atoms with Crippen LogP contribution in [0.2, 0.25) is 0 Å². The minimum absolute atomic E-state index is 0. The van der Waals surface area contributed by atoms with Gasteiger partial charge in [-0.25, -0.2) is 0 Å². The van der Waals surface area contributed by atoms with Crippen LogP contribution in [0.1, 0.15) is 51.3 Å². The van der Waals surface area contributed by atoms with Gasteiger partial charge in [-0.2, -0.15) is 0 Å². The molecule has 5 aromatic heterocycles. The van der Waals surface area contributed by atoms with Crippen molar-refractivity contribution in [3.63, 3.8) is 0 Å². The molecule has 0 saturated heterocycles. The zero-order valence-corrected chi connectivity index (χ0v) is 58.5. The van der Waals surface area contributed by atoms with Gasteiger partial charge in [0.2, 0.25) is 0 Å². The number of aromatic nitrogens is 5. The molecule has 8 heteroatoms. The molecule has 0 bridgehead atoms. The monoisotopic (exact) mass is 1700 g/mol. The molecule has 5 nitrogen and oxygen atoms in total. The zero-order chi connectivity index (χ0) is 60.5. The summed E-state index contributed by atoms with van der Waals surface area (Å²) < 4.78 is 0. The molecule has 3 radical (unpaired) electrons. The number of hydrogen-bond acceptors (Lipinski definition) is 5. The summed E-state index contributed by atoms with van der Waals surface area (Å²) in [6.45, 7) is 13.2. The largest absolute Gasteiger partial charge is 0.305 e. The second kappa shape index (κ2) is 36.8. The molecule has 0 spiro atoms. The van der Waals surface area contributed by atoms with Gasteiger partial charge in [-0.1, -0.05) is 180 Å². The van der Waals surface area contributed by atoms with E-state index in [1.807, 2.05) is 153 Å². The third-order valence-corrected chi connectivity index (χ3v) is 13.9. The van der Waals surface area contributed by atoms with Crippen LogP contribution in [0.15, 0.2) is 298 Å². The van der Waals surface area contributed by atoms with Gasteiger partial charge >= 0.3 is 0 Å². The Bertz CT molecular complexity index is 3970. The molecule has 0 saturated carbocycles. The standard InChI is InChI=1S/2C21H20N.C18H14N.2C11H8N.3Ir/c1-21(2,3)19-12-13-22-20(15-19)18-11-7-10-17(14-18)16-8-5-4-6-9-16;1-16(2)13-17-11-12-22-21(14-17)20-10-6-9-19(15-20)18-7-4-3-5-8-18;1-14-10-11-18(19-13-14)17-9-5-8-16(12-17)15-6-3-2-4-7-15;2*1-2-6-10(7-3-1)11-8-4-5-9-12-11;;;/h4-10,12-15H,1-3H3;3-9,11-12,14-16H,13H2,1-2H3;2-8,10-13H,1H3;2*1-6,8-9H;;;/q5*-1;;;. The van der Waals surface area contributed by atoms with E-state index in [2.05, 4.69) is 229 Å². The first-order valence-electron chi connectivity index (χ1n) is 29.4. The molecule has 0 N–H and O–H groups in total. The van der Waals surface area contributed by atoms with Crippen molar-refractivity contribution in [1.82, 2.24) is 24.9 Å². The first-order valence-corrected chi connectivity index (χ1v) is 29.4. The SMILES string of the molecule is CC(C)(C)c1ccnc(-c2[c-]ccc(-c3ccccc3)c2)c1.CC(C)Cc1ccnc(-c2[c-]ccc(-c3ccccc3)c2)c1.Cc1ccc(-c2[c-]ccc(-c3ccccc3)c2)nc1.[Ir].[Ir].[Ir].[c-]1ccccc1-c1ccccn1.[c-]1ccccc1-c1ccccn1. The van der Waals surface area contributed by atoms with Gasteiger partial charge < -0.3 is 24.9 Å². The van der Waals surface area contributed by atoms with Crippen molar-refractivity contribution in [2.45, 2.75) is 53.4 Å². The smallest absolute Gasteiger partial charge is 0.0190 e. The Labute approximate surface area is 574 Å². The maximum absolute atomic E-state index is 4.53. The molecular weight excluding hydrogens is 1630 g/mol. The number of hydrogen-bond donors (Lipinski definition) is 0. The molecule has 0 atom stereocenters. The summed E-state index contributed by atoms with van der Waals surface area (Å²) in [7, 11) is 0. The normalized spacial score (nSPS) is 10.2. The van der Waals surface area contributed by atoms with Crippen molar-refractivity contribution >= 4 is 0 Å². The van der Waals surface area contributed by atoms with Crippen molar-refractivity contribution in [2.75, 3.05) is 0 Å². The average Bonchev–Trinajstić information content (AvgIpc) is 2.92. The molecule has 5 heterocycles. The second-order valence-electron chi connectivity index (χ2n) is 22.1. The van der Waals surface area contributed by atoms with E-state index in [9.17, 15) is 0 Å². The maximum Gasteiger partial charge on any atom is 0.0190 e. The predicted octanol–water partition coefficient (Wildman–Crippen LogP) is 20.5. The first kappa shape index (κ1) is 70.5. The van der Waals surface area contributed by atoms with Gasteiger partial charge in [0.05, 0.1) is 0 Å². The van der Waals surface area contributed by atoms with E-state index in [0.29, 0.717) is 5.92 Å². The third-order valence-electron chi connectivity index (χ3n) is 13.9. The molecule has 0 aliphatic heterocycles. The number of pyridine rings is 5. The summed E-state index contributed by atoms with van der Waals surface area (Å²) in [6, 6.07) is 106. The molecule has 90 heavy (non-hydrogen) atoms. The molecule has 13 aromatic rings. The molecular formula is C82H70Ir3N5-5. The number of aryl methyl sites for hydroxylation is 1. The molecule has 0 unspecified atom stereocenters. The fourth-order valence-electron chi connectivity index (χ4n) is 9.31. The van der Waals surface area contributed by atoms with Crippen molar-refractivity contribution in [2.24, 2.45) is 5.92 Å². The van der Waals surface area contributed by atoms with Crippen LogP contribution < -0.4 is 0 Å². The van der Waals surface area contributed by atoms with E-state index < -0.39 is 0 Å². The minimum atomic E-state index is 0. The fraction of sp³-hybridized carbons (Fsp3) is 0.110. The number of benzene rings is 8. The molecule has 8 aromatic carbocycles. The molecule has 455 valence electrons. The van der Waals surface area contributed by atoms with E-state index >= 15 is 0 Å². The zero-order valence-electron chi connectivity index (χ0n) is 51.3. The van der Waals surface area contributed by atoms with Gasteiger partial charge in [-0.3, -0.25) is 0 Å². The van der Waals surface area contributed by atoms with E-state index in [0.717, 1.165) is 62.7 Å². The summed E-state index contributed by atoms with van der Waals surface area (Å²) in [5, 5.41) is 0. The maximum atomic E-state index is 4.53. The van der Waals surface area contributed by atoms with Crippen LogP contribution in [0.25, 0.3) is 89.7 Å². The van der Waals surface area contributed by atoms with E-state index in [4.69, 9.17) is 0 Å². The van der Waals surface area contributed by atoms with Gasteiger partial charge in [0, 0.05) is 91.3 Å². The van der Waals surface area contributed by atoms with Crippen molar-refractivity contribution in [3.05, 3.63) is 345 Å². The topological polar surface area (TPSA) is 64.5 Å². The van der Waals surface area contributed by atoms with Crippen LogP contribution in [0.3, 0.4) is 0 Å². The Morgan fingerprint density at radius 1 is 0.322 bits per heavy atom. The van der Waals surface area contributed by atoms with Crippen LogP contribution in [0.4, 0.5) is 0 Å². The van der Waals surface area contributed by atoms with Crippen LogP contribution in [-0.4, -0.2) is 24.9 Å². The predicted molar refractivity (Wildman–Crippen MR) is 361 cm³/mol. The van der Waals surface area contributed by atoms with Crippen LogP contribution in [0.5, 0.6) is 0 Å². The first-order chi connectivity index (χ1) is 42.5. The Morgan fingerprint density at radius 3 is 1.10 bits per heavy atom. The van der Waals surface area contributed by atoms with E-state index in [-0.39, 0.29) is 65.7 Å². The van der Waals surface area contributed by atoms with Crippen molar-refractivity contribution < 1.29 is 60.3 Å². The van der Waals surface area contributed by atoms with Gasteiger partial charge in [0.1, 0.15) is 0 Å². The second-order valence-corrected chi connectivity index (χ2v) is 22.1. The van der Waals surface area contributed by atoms with Gasteiger partial charge in [0.25, 0.3) is 0 Å². The molecule has 13 rings (SSSR count). The van der Waals surface area contributed by atoms with Gasteiger partial charge in [0.15, 0.2) is 0 Å². The summed E-state index contributed by atoms with van der Waals surface area (Å²) in [4.78, 5) is 21.9. The molecule has 0 amide bonds. The quantitative estimate of drug-likeness (QED) is 0.128. The Hall–Kier alpha value is -8.54. The number of rotatable bonds is 10. The summed E-state index contributed by atoms with van der Waals surface area (Å²) in [6.07, 6.45) is 10.3. The van der Waals surface area contributed by atoms with Gasteiger partial charge in [-0.15, -0.1) is 178 Å². The van der Waals surface area contributed by atoms with Gasteiger partial charge in [-0.05, 0) is 105 Å². The summed E-state index contributed by atoms with van der Waals surface area (Å²) >= 11 is 0. The Morgan fingerprint density at radius 2 is 0.711 bits per heavy atom. The molecule has 0 fully saturated rings. The number of nitrogens with zero attached hydrogens (tertiary/aromatic N) is 5. The summed E-state index contributed by atoms with van der Waals surface area (Å²) in [5.74, 6) is 0.648. The van der Waals surface area contributed by atoms with Crippen LogP contribution in [0, 0.1) is 43.2 Å². The van der Waals surface area contributed by atoms with Crippen LogP contribution >= 0.6 is 0 Å². The van der Waals surface area contributed by atoms with Crippen molar-refractivity contribution in [1.29, 1.82) is 0 Å². The average molecular weight is 1700 g/mol. The Kier molecular flexibility index (Phi) is 28.9. The minimum Gasteiger partial charge on any atom is -0.305 e. The molecule has 0 aliphatic carbocycles. The molecule has 0 aliphatic rings. The summed E-state index contributed by atoms with van der Waals surface area (Å²) in [5.41, 5.74) is 21.2.